The maximum Gasteiger partial charge on any atom is 0.251 e. The van der Waals surface area contributed by atoms with Gasteiger partial charge in [0.15, 0.2) is 17.6 Å². The molecule has 0 saturated carbocycles. The summed E-state index contributed by atoms with van der Waals surface area (Å²) >= 11 is 0. The molecule has 1 aliphatic rings. The van der Waals surface area contributed by atoms with Gasteiger partial charge in [0.2, 0.25) is 5.91 Å². The fraction of sp³-hybridized carbons (Fsp3) is 0.263. The number of aromatic nitrogens is 2. The van der Waals surface area contributed by atoms with Crippen molar-refractivity contribution in [1.82, 2.24) is 20.6 Å². The fourth-order valence-corrected chi connectivity index (χ4v) is 3.02. The van der Waals surface area contributed by atoms with Crippen LogP contribution in [0.25, 0.3) is 11.1 Å². The van der Waals surface area contributed by atoms with E-state index >= 15 is 0 Å². The zero-order chi connectivity index (χ0) is 18.6. The number of rotatable bonds is 5. The van der Waals surface area contributed by atoms with Gasteiger partial charge in [-0.3, -0.25) is 14.6 Å². The molecule has 0 bridgehead atoms. The molecule has 1 aliphatic heterocycles. The Morgan fingerprint density at radius 2 is 2.15 bits per heavy atom. The van der Waals surface area contributed by atoms with Crippen molar-refractivity contribution in [2.75, 3.05) is 13.2 Å². The van der Waals surface area contributed by atoms with Crippen LogP contribution in [0.1, 0.15) is 17.5 Å². The van der Waals surface area contributed by atoms with Crippen molar-refractivity contribution in [1.29, 1.82) is 0 Å². The second-order valence-electron chi connectivity index (χ2n) is 6.18. The van der Waals surface area contributed by atoms with Crippen LogP contribution in [0.15, 0.2) is 53.2 Å². The third kappa shape index (κ3) is 3.80. The molecule has 1 aromatic carbocycles. The summed E-state index contributed by atoms with van der Waals surface area (Å²) in [5.74, 6) is -0.0162. The summed E-state index contributed by atoms with van der Waals surface area (Å²) in [5.41, 5.74) is 2.22. The van der Waals surface area contributed by atoms with Gasteiger partial charge in [0.05, 0.1) is 6.04 Å². The molecule has 2 aromatic heterocycles. The molecule has 0 unspecified atom stereocenters. The predicted molar refractivity (Wildman–Crippen MR) is 95.6 cm³/mol. The van der Waals surface area contributed by atoms with E-state index in [9.17, 15) is 9.59 Å². The minimum absolute atomic E-state index is 0.153. The molecule has 0 aliphatic carbocycles. The van der Waals surface area contributed by atoms with Gasteiger partial charge in [-0.15, -0.1) is 0 Å². The number of nitrogens with zero attached hydrogens (tertiary/aromatic N) is 2. The SMILES string of the molecule is O=C1CO[C@H](C(=O)NCCc2nc3ccccc3o2)[C@@H](c2cccnc2)N1. The average Bonchev–Trinajstić information content (AvgIpc) is 3.11. The molecule has 4 rings (SSSR count). The topological polar surface area (TPSA) is 106 Å². The fourth-order valence-electron chi connectivity index (χ4n) is 3.02. The lowest BCUT2D eigenvalue weighted by Gasteiger charge is -2.31. The second kappa shape index (κ2) is 7.55. The summed E-state index contributed by atoms with van der Waals surface area (Å²) in [6.45, 7) is 0.194. The minimum Gasteiger partial charge on any atom is -0.441 e. The summed E-state index contributed by atoms with van der Waals surface area (Å²) in [7, 11) is 0. The zero-order valence-electron chi connectivity index (χ0n) is 14.4. The number of para-hydroxylation sites is 2. The number of benzene rings is 1. The number of carbonyl (C=O) groups excluding carboxylic acids is 2. The van der Waals surface area contributed by atoms with Gasteiger partial charge < -0.3 is 19.8 Å². The van der Waals surface area contributed by atoms with Gasteiger partial charge in [0.25, 0.3) is 5.91 Å². The maximum absolute atomic E-state index is 12.6. The largest absolute Gasteiger partial charge is 0.441 e. The van der Waals surface area contributed by atoms with Crippen molar-refractivity contribution >= 4 is 22.9 Å². The van der Waals surface area contributed by atoms with Gasteiger partial charge in [0, 0.05) is 25.4 Å². The van der Waals surface area contributed by atoms with Gasteiger partial charge in [-0.05, 0) is 23.8 Å². The molecule has 3 heterocycles. The van der Waals surface area contributed by atoms with E-state index in [1.807, 2.05) is 24.3 Å². The van der Waals surface area contributed by atoms with Gasteiger partial charge in [0.1, 0.15) is 12.1 Å². The van der Waals surface area contributed by atoms with E-state index in [0.717, 1.165) is 5.52 Å². The first-order valence-electron chi connectivity index (χ1n) is 8.64. The number of fused-ring (bicyclic) bond motifs is 1. The Balaban J connectivity index is 1.39. The van der Waals surface area contributed by atoms with Crippen molar-refractivity contribution in [3.8, 4) is 0 Å². The molecule has 27 heavy (non-hydrogen) atoms. The van der Waals surface area contributed by atoms with Crippen molar-refractivity contribution in [3.63, 3.8) is 0 Å². The molecule has 3 aromatic rings. The van der Waals surface area contributed by atoms with Crippen LogP contribution >= 0.6 is 0 Å². The van der Waals surface area contributed by atoms with Crippen molar-refractivity contribution in [2.45, 2.75) is 18.6 Å². The minimum atomic E-state index is -0.824. The summed E-state index contributed by atoms with van der Waals surface area (Å²) in [4.78, 5) is 32.7. The van der Waals surface area contributed by atoms with Crippen LogP contribution in [0.2, 0.25) is 0 Å². The van der Waals surface area contributed by atoms with Crippen molar-refractivity contribution < 1.29 is 18.7 Å². The number of hydrogen-bond acceptors (Lipinski definition) is 6. The standard InChI is InChI=1S/C19H18N4O4/c24-15-11-26-18(17(23-15)12-4-3-8-20-10-12)19(25)21-9-7-16-22-13-5-1-2-6-14(13)27-16/h1-6,8,10,17-18H,7,9,11H2,(H,21,25)(H,23,24)/t17-,18+/m1/s1. The summed E-state index contributed by atoms with van der Waals surface area (Å²) < 4.78 is 11.1. The van der Waals surface area contributed by atoms with Gasteiger partial charge in [-0.2, -0.15) is 0 Å². The molecule has 8 nitrogen and oxygen atoms in total. The van der Waals surface area contributed by atoms with Gasteiger partial charge >= 0.3 is 0 Å². The first-order valence-corrected chi connectivity index (χ1v) is 8.64. The van der Waals surface area contributed by atoms with Crippen LogP contribution in [-0.4, -0.2) is 41.0 Å². The zero-order valence-corrected chi connectivity index (χ0v) is 14.4. The van der Waals surface area contributed by atoms with Crippen molar-refractivity contribution in [2.24, 2.45) is 0 Å². The highest BCUT2D eigenvalue weighted by Gasteiger charge is 2.36. The second-order valence-corrected chi connectivity index (χ2v) is 6.18. The highest BCUT2D eigenvalue weighted by atomic mass is 16.5. The molecule has 2 N–H and O–H groups in total. The lowest BCUT2D eigenvalue weighted by molar-refractivity contribution is -0.148. The number of hydrogen-bond donors (Lipinski definition) is 2. The van der Waals surface area contributed by atoms with E-state index in [4.69, 9.17) is 9.15 Å². The molecule has 2 atom stereocenters. The van der Waals surface area contributed by atoms with Crippen LogP contribution < -0.4 is 10.6 Å². The molecule has 1 fully saturated rings. The number of oxazole rings is 1. The first-order chi connectivity index (χ1) is 13.2. The van der Waals surface area contributed by atoms with Gasteiger partial charge in [-0.1, -0.05) is 18.2 Å². The average molecular weight is 366 g/mol. The quantitative estimate of drug-likeness (QED) is 0.701. The third-order valence-electron chi connectivity index (χ3n) is 4.29. The third-order valence-corrected chi connectivity index (χ3v) is 4.29. The molecule has 1 saturated heterocycles. The predicted octanol–water partition coefficient (Wildman–Crippen LogP) is 1.14. The number of amides is 2. The molecule has 8 heteroatoms. The van der Waals surface area contributed by atoms with E-state index in [1.165, 1.54) is 0 Å². The Morgan fingerprint density at radius 3 is 2.96 bits per heavy atom. The van der Waals surface area contributed by atoms with Crippen molar-refractivity contribution in [3.05, 3.63) is 60.2 Å². The Bertz CT molecular complexity index is 924. The first kappa shape index (κ1) is 17.2. The Labute approximate surface area is 154 Å². The van der Waals surface area contributed by atoms with Crippen LogP contribution in [0, 0.1) is 0 Å². The number of morpholine rings is 1. The van der Waals surface area contributed by atoms with Gasteiger partial charge in [-0.25, -0.2) is 4.98 Å². The monoisotopic (exact) mass is 366 g/mol. The normalized spacial score (nSPS) is 19.6. The Hall–Kier alpha value is -3.26. The smallest absolute Gasteiger partial charge is 0.251 e. The lowest BCUT2D eigenvalue weighted by Crippen LogP contribution is -2.52. The summed E-state index contributed by atoms with van der Waals surface area (Å²) in [6.07, 6.45) is 2.87. The number of carbonyl (C=O) groups is 2. The highest BCUT2D eigenvalue weighted by molar-refractivity contribution is 5.86. The van der Waals surface area contributed by atoms with Crippen LogP contribution in [-0.2, 0) is 20.7 Å². The Morgan fingerprint density at radius 1 is 1.26 bits per heavy atom. The van der Waals surface area contributed by atoms with E-state index in [0.29, 0.717) is 30.0 Å². The molecule has 0 spiro atoms. The molecular weight excluding hydrogens is 348 g/mol. The summed E-state index contributed by atoms with van der Waals surface area (Å²) in [5, 5.41) is 5.62. The van der Waals surface area contributed by atoms with E-state index in [1.54, 1.807) is 24.5 Å². The number of pyridine rings is 1. The molecule has 0 radical (unpaired) electrons. The number of nitrogens with one attached hydrogen (secondary N) is 2. The van der Waals surface area contributed by atoms with Crippen LogP contribution in [0.4, 0.5) is 0 Å². The molecule has 138 valence electrons. The molecular formula is C19H18N4O4. The molecule has 2 amide bonds. The van der Waals surface area contributed by atoms with Crippen LogP contribution in [0.5, 0.6) is 0 Å². The van der Waals surface area contributed by atoms with Crippen LogP contribution in [0.3, 0.4) is 0 Å². The lowest BCUT2D eigenvalue weighted by atomic mass is 10.0. The van der Waals surface area contributed by atoms with E-state index < -0.39 is 12.1 Å². The highest BCUT2D eigenvalue weighted by Crippen LogP contribution is 2.22. The maximum atomic E-state index is 12.6. The van der Waals surface area contributed by atoms with E-state index in [-0.39, 0.29) is 18.4 Å². The Kier molecular flexibility index (Phi) is 4.80. The summed E-state index contributed by atoms with van der Waals surface area (Å²) in [6, 6.07) is 10.5. The number of ether oxygens (including phenoxy) is 1. The van der Waals surface area contributed by atoms with E-state index in [2.05, 4.69) is 20.6 Å².